The van der Waals surface area contributed by atoms with Crippen molar-refractivity contribution in [2.75, 3.05) is 0 Å². The molecule has 0 spiro atoms. The Labute approximate surface area is 97.5 Å². The smallest absolute Gasteiger partial charge is 0.119 e. The van der Waals surface area contributed by atoms with Crippen LogP contribution >= 0.6 is 0 Å². The highest BCUT2D eigenvalue weighted by molar-refractivity contribution is 5.46. The summed E-state index contributed by atoms with van der Waals surface area (Å²) >= 11 is 0. The molecule has 0 amide bonds. The topological polar surface area (TPSA) is 46.2 Å². The van der Waals surface area contributed by atoms with Gasteiger partial charge in [-0.25, -0.2) is 0 Å². The number of hydrogen-bond acceptors (Lipinski definition) is 2. The highest BCUT2D eigenvalue weighted by Crippen LogP contribution is 2.53. The average Bonchev–Trinajstić information content (AvgIpc) is 2.98. The molecule has 1 aromatic carbocycles. The molecule has 0 saturated heterocycles. The average molecular weight is 219 g/mol. The normalized spacial score (nSPS) is 19.8. The van der Waals surface area contributed by atoms with Gasteiger partial charge in [0.05, 0.1) is 0 Å². The number of phenolic OH excluding ortho intramolecular Hbond substituents is 1. The first kappa shape index (κ1) is 11.5. The van der Waals surface area contributed by atoms with E-state index in [0.717, 1.165) is 18.4 Å². The lowest BCUT2D eigenvalue weighted by atomic mass is 9.86. The molecule has 1 atom stereocenters. The second-order valence-corrected chi connectivity index (χ2v) is 5.38. The third-order valence-corrected chi connectivity index (χ3v) is 3.88. The SMILES string of the molecule is CC(C)c1ccc(O)c(C2(C(C)N)CC2)c1. The van der Waals surface area contributed by atoms with Crippen LogP contribution in [0.4, 0.5) is 0 Å². The molecule has 2 nitrogen and oxygen atoms in total. The molecule has 88 valence electrons. The maximum Gasteiger partial charge on any atom is 0.119 e. The van der Waals surface area contributed by atoms with Gasteiger partial charge in [0.2, 0.25) is 0 Å². The summed E-state index contributed by atoms with van der Waals surface area (Å²) < 4.78 is 0. The number of phenols is 1. The number of nitrogens with two attached hydrogens (primary N) is 1. The molecule has 1 fully saturated rings. The summed E-state index contributed by atoms with van der Waals surface area (Å²) in [6.45, 7) is 6.37. The monoisotopic (exact) mass is 219 g/mol. The molecule has 1 aliphatic rings. The Kier molecular flexibility index (Phi) is 2.70. The highest BCUT2D eigenvalue weighted by atomic mass is 16.3. The lowest BCUT2D eigenvalue weighted by Crippen LogP contribution is -2.31. The van der Waals surface area contributed by atoms with E-state index in [1.165, 1.54) is 5.56 Å². The Morgan fingerprint density at radius 3 is 2.31 bits per heavy atom. The van der Waals surface area contributed by atoms with Gasteiger partial charge in [-0.1, -0.05) is 26.0 Å². The molecule has 16 heavy (non-hydrogen) atoms. The molecule has 0 heterocycles. The van der Waals surface area contributed by atoms with Crippen LogP contribution in [0.1, 0.15) is 50.7 Å². The molecule has 2 heteroatoms. The Morgan fingerprint density at radius 1 is 1.25 bits per heavy atom. The van der Waals surface area contributed by atoms with Gasteiger partial charge < -0.3 is 10.8 Å². The van der Waals surface area contributed by atoms with Gasteiger partial charge in [-0.05, 0) is 37.3 Å². The third-order valence-electron chi connectivity index (χ3n) is 3.88. The molecule has 0 radical (unpaired) electrons. The van der Waals surface area contributed by atoms with Crippen molar-refractivity contribution in [3.63, 3.8) is 0 Å². The van der Waals surface area contributed by atoms with Crippen LogP contribution in [-0.2, 0) is 5.41 Å². The molecule has 1 aromatic rings. The van der Waals surface area contributed by atoms with Crippen molar-refractivity contribution in [3.8, 4) is 5.75 Å². The van der Waals surface area contributed by atoms with E-state index in [0.29, 0.717) is 11.7 Å². The van der Waals surface area contributed by atoms with Crippen LogP contribution in [0.2, 0.25) is 0 Å². The first-order valence-corrected chi connectivity index (χ1v) is 6.06. The third kappa shape index (κ3) is 1.71. The second kappa shape index (κ2) is 3.77. The molecule has 1 aliphatic carbocycles. The van der Waals surface area contributed by atoms with Gasteiger partial charge in [0, 0.05) is 17.0 Å². The van der Waals surface area contributed by atoms with Crippen LogP contribution < -0.4 is 5.73 Å². The molecule has 0 aliphatic heterocycles. The van der Waals surface area contributed by atoms with Crippen molar-refractivity contribution >= 4 is 0 Å². The van der Waals surface area contributed by atoms with E-state index in [1.54, 1.807) is 0 Å². The van der Waals surface area contributed by atoms with Crippen LogP contribution in [0.15, 0.2) is 18.2 Å². The van der Waals surface area contributed by atoms with Crippen molar-refractivity contribution in [1.82, 2.24) is 0 Å². The summed E-state index contributed by atoms with van der Waals surface area (Å²) in [6, 6.07) is 6.06. The fourth-order valence-electron chi connectivity index (χ4n) is 2.42. The van der Waals surface area contributed by atoms with Gasteiger partial charge in [0.25, 0.3) is 0 Å². The van der Waals surface area contributed by atoms with Gasteiger partial charge in [-0.2, -0.15) is 0 Å². The summed E-state index contributed by atoms with van der Waals surface area (Å²) in [4.78, 5) is 0. The zero-order valence-corrected chi connectivity index (χ0v) is 10.3. The minimum Gasteiger partial charge on any atom is -0.508 e. The summed E-state index contributed by atoms with van der Waals surface area (Å²) in [5.41, 5.74) is 8.41. The molecule has 0 bridgehead atoms. The minimum absolute atomic E-state index is 0.0367. The predicted molar refractivity (Wildman–Crippen MR) is 66.8 cm³/mol. The van der Waals surface area contributed by atoms with Crippen molar-refractivity contribution in [1.29, 1.82) is 0 Å². The molecule has 0 aromatic heterocycles. The predicted octanol–water partition coefficient (Wildman–Crippen LogP) is 2.89. The van der Waals surface area contributed by atoms with Gasteiger partial charge in [0.1, 0.15) is 5.75 Å². The Bertz CT molecular complexity index is 392. The number of aromatic hydroxyl groups is 1. The first-order valence-electron chi connectivity index (χ1n) is 6.06. The van der Waals surface area contributed by atoms with Crippen LogP contribution in [-0.4, -0.2) is 11.1 Å². The lowest BCUT2D eigenvalue weighted by Gasteiger charge is -2.22. The maximum absolute atomic E-state index is 9.99. The fourth-order valence-corrected chi connectivity index (χ4v) is 2.42. The quantitative estimate of drug-likeness (QED) is 0.821. The first-order chi connectivity index (χ1) is 7.47. The van der Waals surface area contributed by atoms with Crippen molar-refractivity contribution in [2.24, 2.45) is 5.73 Å². The van der Waals surface area contributed by atoms with E-state index in [2.05, 4.69) is 19.9 Å². The number of rotatable bonds is 3. The fraction of sp³-hybridized carbons (Fsp3) is 0.571. The van der Waals surface area contributed by atoms with Crippen LogP contribution in [0, 0.1) is 0 Å². The number of hydrogen-bond donors (Lipinski definition) is 2. The van der Waals surface area contributed by atoms with E-state index in [1.807, 2.05) is 19.1 Å². The Balaban J connectivity index is 2.44. The summed E-state index contributed by atoms with van der Waals surface area (Å²) in [5.74, 6) is 0.891. The van der Waals surface area contributed by atoms with Crippen molar-refractivity contribution in [3.05, 3.63) is 29.3 Å². The summed E-state index contributed by atoms with van der Waals surface area (Å²) in [7, 11) is 0. The van der Waals surface area contributed by atoms with Crippen molar-refractivity contribution < 1.29 is 5.11 Å². The molecular formula is C14H21NO. The van der Waals surface area contributed by atoms with E-state index in [9.17, 15) is 5.11 Å². The molecule has 2 rings (SSSR count). The van der Waals surface area contributed by atoms with Gasteiger partial charge in [-0.3, -0.25) is 0 Å². The Hall–Kier alpha value is -1.02. The van der Waals surface area contributed by atoms with E-state index in [-0.39, 0.29) is 11.5 Å². The lowest BCUT2D eigenvalue weighted by molar-refractivity contribution is 0.446. The zero-order chi connectivity index (χ0) is 11.9. The van der Waals surface area contributed by atoms with Gasteiger partial charge >= 0.3 is 0 Å². The highest BCUT2D eigenvalue weighted by Gasteiger charge is 2.49. The zero-order valence-electron chi connectivity index (χ0n) is 10.3. The standard InChI is InChI=1S/C14H21NO/c1-9(2)11-4-5-13(16)12(8-11)14(6-7-14)10(3)15/h4-5,8-10,16H,6-7,15H2,1-3H3. The van der Waals surface area contributed by atoms with E-state index < -0.39 is 0 Å². The van der Waals surface area contributed by atoms with Crippen LogP contribution in [0.25, 0.3) is 0 Å². The molecule has 3 N–H and O–H groups in total. The van der Waals surface area contributed by atoms with Gasteiger partial charge in [0.15, 0.2) is 0 Å². The van der Waals surface area contributed by atoms with Crippen LogP contribution in [0.3, 0.4) is 0 Å². The number of benzene rings is 1. The second-order valence-electron chi connectivity index (χ2n) is 5.38. The largest absolute Gasteiger partial charge is 0.508 e. The van der Waals surface area contributed by atoms with Crippen molar-refractivity contribution in [2.45, 2.75) is 51.0 Å². The summed E-state index contributed by atoms with van der Waals surface area (Å²) in [6.07, 6.45) is 2.19. The van der Waals surface area contributed by atoms with Gasteiger partial charge in [-0.15, -0.1) is 0 Å². The maximum atomic E-state index is 9.99. The molecule has 1 saturated carbocycles. The molecule has 1 unspecified atom stereocenters. The minimum atomic E-state index is 0.0367. The van der Waals surface area contributed by atoms with E-state index in [4.69, 9.17) is 5.73 Å². The van der Waals surface area contributed by atoms with Crippen LogP contribution in [0.5, 0.6) is 5.75 Å². The molecular weight excluding hydrogens is 198 g/mol. The Morgan fingerprint density at radius 2 is 1.88 bits per heavy atom. The van der Waals surface area contributed by atoms with E-state index >= 15 is 0 Å². The summed E-state index contributed by atoms with van der Waals surface area (Å²) in [5, 5.41) is 9.99.